The van der Waals surface area contributed by atoms with Gasteiger partial charge in [0.05, 0.1) is 6.54 Å². The van der Waals surface area contributed by atoms with Gasteiger partial charge in [-0.15, -0.1) is 12.4 Å². The van der Waals surface area contributed by atoms with Crippen LogP contribution in [0.4, 0.5) is 22.7 Å². The van der Waals surface area contributed by atoms with E-state index in [2.05, 4.69) is 10.2 Å². The van der Waals surface area contributed by atoms with Crippen LogP contribution in [0.15, 0.2) is 42.5 Å². The van der Waals surface area contributed by atoms with Gasteiger partial charge in [0, 0.05) is 42.3 Å². The molecule has 2 aromatic rings. The molecule has 0 saturated carbocycles. The van der Waals surface area contributed by atoms with Crippen molar-refractivity contribution in [1.29, 1.82) is 0 Å². The molecule has 7 heteroatoms. The summed E-state index contributed by atoms with van der Waals surface area (Å²) in [5.41, 5.74) is 10.6. The summed E-state index contributed by atoms with van der Waals surface area (Å²) in [5.74, 6) is 0.0659. The minimum Gasteiger partial charge on any atom is -0.398 e. The van der Waals surface area contributed by atoms with E-state index in [1.807, 2.05) is 42.5 Å². The highest BCUT2D eigenvalue weighted by Crippen LogP contribution is 2.31. The summed E-state index contributed by atoms with van der Waals surface area (Å²) < 4.78 is 0. The molecule has 0 aliphatic carbocycles. The number of nitrogens with two attached hydrogens (primary N) is 1. The van der Waals surface area contributed by atoms with Gasteiger partial charge < -0.3 is 20.9 Å². The number of benzene rings is 2. The van der Waals surface area contributed by atoms with Crippen molar-refractivity contribution >= 4 is 47.0 Å². The predicted molar refractivity (Wildman–Crippen MR) is 115 cm³/mol. The molecular weight excluding hydrogens is 376 g/mol. The first-order valence-electron chi connectivity index (χ1n) is 9.44. The highest BCUT2D eigenvalue weighted by atomic mass is 35.5. The van der Waals surface area contributed by atoms with Crippen LogP contribution < -0.4 is 20.9 Å². The Bertz CT molecular complexity index is 886. The van der Waals surface area contributed by atoms with Crippen LogP contribution in [-0.4, -0.2) is 31.4 Å². The lowest BCUT2D eigenvalue weighted by molar-refractivity contribution is -0.117. The maximum Gasteiger partial charge on any atom is 0.243 e. The third-order valence-corrected chi connectivity index (χ3v) is 5.23. The van der Waals surface area contributed by atoms with Gasteiger partial charge in [-0.3, -0.25) is 9.59 Å². The van der Waals surface area contributed by atoms with Crippen LogP contribution >= 0.6 is 12.4 Å². The van der Waals surface area contributed by atoms with E-state index in [1.54, 1.807) is 4.90 Å². The van der Waals surface area contributed by atoms with E-state index in [4.69, 9.17) is 5.73 Å². The molecule has 28 heavy (non-hydrogen) atoms. The lowest BCUT2D eigenvalue weighted by atomic mass is 10.00. The quantitative estimate of drug-likeness (QED) is 0.772. The Balaban J connectivity index is 0.00000225. The second kappa shape index (κ2) is 8.52. The van der Waals surface area contributed by atoms with Gasteiger partial charge in [0.2, 0.25) is 11.8 Å². The molecule has 0 aromatic heterocycles. The lowest BCUT2D eigenvalue weighted by Crippen LogP contribution is -2.37. The van der Waals surface area contributed by atoms with Gasteiger partial charge in [0.1, 0.15) is 0 Å². The third kappa shape index (κ3) is 4.07. The van der Waals surface area contributed by atoms with E-state index in [1.165, 1.54) is 0 Å². The topological polar surface area (TPSA) is 78.7 Å². The monoisotopic (exact) mass is 400 g/mol. The molecule has 0 radical (unpaired) electrons. The zero-order valence-corrected chi connectivity index (χ0v) is 16.5. The van der Waals surface area contributed by atoms with E-state index < -0.39 is 0 Å². The van der Waals surface area contributed by atoms with Crippen LogP contribution in [0.25, 0.3) is 0 Å². The molecule has 1 saturated heterocycles. The summed E-state index contributed by atoms with van der Waals surface area (Å²) in [7, 11) is 0. The zero-order valence-electron chi connectivity index (χ0n) is 15.7. The number of anilines is 4. The standard InChI is InChI=1S/C21H24N4O2.ClH/c22-18-8-2-9-19-17(18)7-3-11-24(19)14-20(26)23-15-5-1-6-16(13-15)25-12-4-10-21(25)27;/h1-2,5-6,8-9,13H,3-4,7,10-12,14,22H2,(H,23,26);1H. The van der Waals surface area contributed by atoms with Crippen molar-refractivity contribution < 1.29 is 9.59 Å². The first kappa shape index (κ1) is 20.0. The van der Waals surface area contributed by atoms with Crippen LogP contribution in [0.5, 0.6) is 0 Å². The zero-order chi connectivity index (χ0) is 18.8. The maximum absolute atomic E-state index is 12.6. The van der Waals surface area contributed by atoms with Crippen molar-refractivity contribution in [3.05, 3.63) is 48.0 Å². The molecule has 2 amide bonds. The van der Waals surface area contributed by atoms with E-state index in [0.717, 1.165) is 55.0 Å². The second-order valence-corrected chi connectivity index (χ2v) is 7.12. The molecule has 0 unspecified atom stereocenters. The number of nitrogens with one attached hydrogen (secondary N) is 1. The highest BCUT2D eigenvalue weighted by Gasteiger charge is 2.23. The van der Waals surface area contributed by atoms with Gasteiger partial charge in [0.25, 0.3) is 0 Å². The average Bonchev–Trinajstić information content (AvgIpc) is 3.09. The van der Waals surface area contributed by atoms with Gasteiger partial charge >= 0.3 is 0 Å². The second-order valence-electron chi connectivity index (χ2n) is 7.12. The Morgan fingerprint density at radius 2 is 1.86 bits per heavy atom. The number of fused-ring (bicyclic) bond motifs is 1. The summed E-state index contributed by atoms with van der Waals surface area (Å²) >= 11 is 0. The van der Waals surface area contributed by atoms with Gasteiger partial charge in [0.15, 0.2) is 0 Å². The fraction of sp³-hybridized carbons (Fsp3) is 0.333. The smallest absolute Gasteiger partial charge is 0.243 e. The number of amides is 2. The van der Waals surface area contributed by atoms with Gasteiger partial charge in [-0.05, 0) is 55.2 Å². The van der Waals surface area contributed by atoms with Crippen LogP contribution in [0.1, 0.15) is 24.8 Å². The predicted octanol–water partition coefficient (Wildman–Crippen LogP) is 3.21. The highest BCUT2D eigenvalue weighted by molar-refractivity contribution is 5.98. The number of rotatable bonds is 4. The van der Waals surface area contributed by atoms with Gasteiger partial charge in [-0.1, -0.05) is 12.1 Å². The first-order chi connectivity index (χ1) is 13.1. The molecule has 0 spiro atoms. The van der Waals surface area contributed by atoms with Crippen molar-refractivity contribution in [2.45, 2.75) is 25.7 Å². The Kier molecular flexibility index (Phi) is 6.09. The summed E-state index contributed by atoms with van der Waals surface area (Å²) in [6.07, 6.45) is 3.41. The molecule has 2 heterocycles. The van der Waals surface area contributed by atoms with E-state index in [0.29, 0.717) is 12.1 Å². The summed E-state index contributed by atoms with van der Waals surface area (Å²) in [5, 5.41) is 2.96. The Morgan fingerprint density at radius 1 is 1.07 bits per heavy atom. The number of nitrogens with zero attached hydrogens (tertiary/aromatic N) is 2. The molecule has 1 fully saturated rings. The molecular formula is C21H25ClN4O2. The minimum absolute atomic E-state index is 0. The molecule has 6 nitrogen and oxygen atoms in total. The lowest BCUT2D eigenvalue weighted by Gasteiger charge is -2.31. The fourth-order valence-electron chi connectivity index (χ4n) is 3.94. The molecule has 148 valence electrons. The minimum atomic E-state index is -0.0739. The van der Waals surface area contributed by atoms with E-state index >= 15 is 0 Å². The van der Waals surface area contributed by atoms with Gasteiger partial charge in [-0.25, -0.2) is 0 Å². The largest absolute Gasteiger partial charge is 0.398 e. The van der Waals surface area contributed by atoms with E-state index in [9.17, 15) is 9.59 Å². The molecule has 0 bridgehead atoms. The molecule has 2 aliphatic rings. The Hall–Kier alpha value is -2.73. The maximum atomic E-state index is 12.6. The molecule has 2 aliphatic heterocycles. The Morgan fingerprint density at radius 3 is 2.64 bits per heavy atom. The number of hydrogen-bond donors (Lipinski definition) is 2. The summed E-state index contributed by atoms with van der Waals surface area (Å²) in [6.45, 7) is 1.86. The number of hydrogen-bond acceptors (Lipinski definition) is 4. The molecule has 3 N–H and O–H groups in total. The third-order valence-electron chi connectivity index (χ3n) is 5.23. The normalized spacial score (nSPS) is 15.8. The van der Waals surface area contributed by atoms with Crippen molar-refractivity contribution in [3.8, 4) is 0 Å². The number of carbonyl (C=O) groups is 2. The van der Waals surface area contributed by atoms with Gasteiger partial charge in [-0.2, -0.15) is 0 Å². The number of carbonyl (C=O) groups excluding carboxylic acids is 2. The van der Waals surface area contributed by atoms with Crippen LogP contribution in [0, 0.1) is 0 Å². The van der Waals surface area contributed by atoms with E-state index in [-0.39, 0.29) is 30.8 Å². The van der Waals surface area contributed by atoms with Crippen molar-refractivity contribution in [3.63, 3.8) is 0 Å². The van der Waals surface area contributed by atoms with Crippen LogP contribution in [0.3, 0.4) is 0 Å². The molecule has 2 aromatic carbocycles. The van der Waals surface area contributed by atoms with Crippen LogP contribution in [-0.2, 0) is 16.0 Å². The van der Waals surface area contributed by atoms with Crippen LogP contribution in [0.2, 0.25) is 0 Å². The number of halogens is 1. The van der Waals surface area contributed by atoms with Crippen molar-refractivity contribution in [2.75, 3.05) is 40.5 Å². The van der Waals surface area contributed by atoms with Crippen molar-refractivity contribution in [1.82, 2.24) is 0 Å². The van der Waals surface area contributed by atoms with Crippen molar-refractivity contribution in [2.24, 2.45) is 0 Å². The molecule has 4 rings (SSSR count). The molecule has 0 atom stereocenters. The summed E-state index contributed by atoms with van der Waals surface area (Å²) in [4.78, 5) is 28.4. The summed E-state index contributed by atoms with van der Waals surface area (Å²) in [6, 6.07) is 13.4. The number of nitrogen functional groups attached to an aromatic ring is 1. The first-order valence-corrected chi connectivity index (χ1v) is 9.44. The fourth-order valence-corrected chi connectivity index (χ4v) is 3.94. The SMILES string of the molecule is Cl.Nc1cccc2c1CCCN2CC(=O)Nc1cccc(N2CCCC2=O)c1. The Labute approximate surface area is 171 Å². The average molecular weight is 401 g/mol.